The highest BCUT2D eigenvalue weighted by atomic mass is 32.2. The standard InChI is InChI=1S/C10H12OS3/c1-7-10(14-5-4-13-7)9(11)8-2-3-12-6-8/h2-3,6-7,10H,4-5H2,1H3. The van der Waals surface area contributed by atoms with Crippen molar-refractivity contribution in [1.29, 1.82) is 0 Å². The van der Waals surface area contributed by atoms with Gasteiger partial charge in [-0.15, -0.1) is 11.8 Å². The van der Waals surface area contributed by atoms with Crippen molar-refractivity contribution in [1.82, 2.24) is 0 Å². The summed E-state index contributed by atoms with van der Waals surface area (Å²) in [4.78, 5) is 12.0. The number of hydrogen-bond acceptors (Lipinski definition) is 4. The van der Waals surface area contributed by atoms with Gasteiger partial charge in [-0.2, -0.15) is 23.1 Å². The predicted octanol–water partition coefficient (Wildman–Crippen LogP) is 3.17. The smallest absolute Gasteiger partial charge is 0.177 e. The predicted molar refractivity (Wildman–Crippen MR) is 66.8 cm³/mol. The number of hydrogen-bond donors (Lipinski definition) is 0. The molecule has 0 aliphatic carbocycles. The Morgan fingerprint density at radius 2 is 2.21 bits per heavy atom. The molecule has 1 aromatic rings. The normalized spacial score (nSPS) is 27.5. The number of thioether (sulfide) groups is 2. The Bertz CT molecular complexity index is 307. The van der Waals surface area contributed by atoms with E-state index < -0.39 is 0 Å². The van der Waals surface area contributed by atoms with Gasteiger partial charge in [-0.3, -0.25) is 4.79 Å². The maximum absolute atomic E-state index is 12.0. The number of thiophene rings is 1. The topological polar surface area (TPSA) is 17.1 Å². The van der Waals surface area contributed by atoms with Crippen molar-refractivity contribution in [2.24, 2.45) is 0 Å². The minimum absolute atomic E-state index is 0.170. The molecule has 1 saturated heterocycles. The highest BCUT2D eigenvalue weighted by molar-refractivity contribution is 8.07. The molecule has 0 N–H and O–H groups in total. The van der Waals surface area contributed by atoms with E-state index in [4.69, 9.17) is 0 Å². The molecule has 0 saturated carbocycles. The Labute approximate surface area is 96.7 Å². The zero-order valence-electron chi connectivity index (χ0n) is 7.93. The van der Waals surface area contributed by atoms with Gasteiger partial charge in [0, 0.05) is 27.7 Å². The van der Waals surface area contributed by atoms with Gasteiger partial charge in [0.2, 0.25) is 0 Å². The molecule has 76 valence electrons. The second kappa shape index (κ2) is 4.73. The summed E-state index contributed by atoms with van der Waals surface area (Å²) in [5, 5.41) is 4.55. The third-order valence-corrected chi connectivity index (χ3v) is 6.02. The molecule has 0 bridgehead atoms. The second-order valence-corrected chi connectivity index (χ2v) is 6.76. The minimum atomic E-state index is 0.170. The van der Waals surface area contributed by atoms with Gasteiger partial charge in [-0.25, -0.2) is 0 Å². The van der Waals surface area contributed by atoms with Crippen LogP contribution >= 0.6 is 34.9 Å². The van der Waals surface area contributed by atoms with Gasteiger partial charge in [-0.1, -0.05) is 6.92 Å². The Balaban J connectivity index is 2.10. The zero-order valence-corrected chi connectivity index (χ0v) is 10.4. The first kappa shape index (κ1) is 10.6. The molecule has 4 heteroatoms. The molecule has 1 nitrogen and oxygen atoms in total. The monoisotopic (exact) mass is 244 g/mol. The highest BCUT2D eigenvalue weighted by Crippen LogP contribution is 2.33. The van der Waals surface area contributed by atoms with E-state index >= 15 is 0 Å². The Morgan fingerprint density at radius 3 is 2.86 bits per heavy atom. The number of rotatable bonds is 2. The van der Waals surface area contributed by atoms with Gasteiger partial charge in [0.1, 0.15) is 0 Å². The maximum atomic E-state index is 12.0. The summed E-state index contributed by atoms with van der Waals surface area (Å²) in [6, 6.07) is 1.93. The summed E-state index contributed by atoms with van der Waals surface area (Å²) in [6.45, 7) is 2.16. The lowest BCUT2D eigenvalue weighted by Crippen LogP contribution is -2.30. The van der Waals surface area contributed by atoms with Gasteiger partial charge in [0.25, 0.3) is 0 Å². The second-order valence-electron chi connectivity index (χ2n) is 3.24. The Kier molecular flexibility index (Phi) is 3.57. The van der Waals surface area contributed by atoms with E-state index in [0.29, 0.717) is 11.0 Å². The molecule has 1 fully saturated rings. The van der Waals surface area contributed by atoms with Gasteiger partial charge >= 0.3 is 0 Å². The van der Waals surface area contributed by atoms with Crippen LogP contribution in [0.3, 0.4) is 0 Å². The lowest BCUT2D eigenvalue weighted by Gasteiger charge is -2.26. The molecule has 0 aromatic carbocycles. The summed E-state index contributed by atoms with van der Waals surface area (Å²) in [7, 11) is 0. The largest absolute Gasteiger partial charge is 0.293 e. The molecule has 0 spiro atoms. The Hall–Kier alpha value is 0.0700. The van der Waals surface area contributed by atoms with Crippen LogP contribution in [0.2, 0.25) is 0 Å². The van der Waals surface area contributed by atoms with Crippen molar-refractivity contribution >= 4 is 40.6 Å². The van der Waals surface area contributed by atoms with E-state index in [2.05, 4.69) is 6.92 Å². The molecule has 14 heavy (non-hydrogen) atoms. The number of carbonyl (C=O) groups is 1. The van der Waals surface area contributed by atoms with E-state index in [0.717, 1.165) is 11.3 Å². The summed E-state index contributed by atoms with van der Waals surface area (Å²) in [5.74, 6) is 2.60. The van der Waals surface area contributed by atoms with Crippen molar-refractivity contribution in [3.05, 3.63) is 22.4 Å². The quantitative estimate of drug-likeness (QED) is 0.744. The fourth-order valence-electron chi connectivity index (χ4n) is 1.49. The SMILES string of the molecule is CC1SCCSC1C(=O)c1ccsc1. The molecule has 1 aromatic heterocycles. The van der Waals surface area contributed by atoms with Gasteiger partial charge in [0.15, 0.2) is 5.78 Å². The van der Waals surface area contributed by atoms with Crippen LogP contribution < -0.4 is 0 Å². The van der Waals surface area contributed by atoms with E-state index in [1.807, 2.05) is 40.4 Å². The molecular weight excluding hydrogens is 232 g/mol. The van der Waals surface area contributed by atoms with Crippen LogP contribution in [0.5, 0.6) is 0 Å². The Morgan fingerprint density at radius 1 is 1.43 bits per heavy atom. The molecule has 2 heterocycles. The maximum Gasteiger partial charge on any atom is 0.177 e. The summed E-state index contributed by atoms with van der Waals surface area (Å²) < 4.78 is 0. The van der Waals surface area contributed by atoms with Crippen LogP contribution in [0.15, 0.2) is 16.8 Å². The van der Waals surface area contributed by atoms with Crippen molar-refractivity contribution < 1.29 is 4.79 Å². The third-order valence-electron chi connectivity index (χ3n) is 2.25. The number of ketones is 1. The van der Waals surface area contributed by atoms with Crippen molar-refractivity contribution in [3.8, 4) is 0 Å². The molecule has 1 aliphatic heterocycles. The van der Waals surface area contributed by atoms with Gasteiger partial charge in [-0.05, 0) is 11.4 Å². The summed E-state index contributed by atoms with van der Waals surface area (Å²) in [6.07, 6.45) is 0. The third kappa shape index (κ3) is 2.18. The number of carbonyl (C=O) groups excluding carboxylic acids is 1. The van der Waals surface area contributed by atoms with Crippen molar-refractivity contribution in [2.45, 2.75) is 17.4 Å². The first-order valence-corrected chi connectivity index (χ1v) is 7.62. The van der Waals surface area contributed by atoms with Gasteiger partial charge in [0.05, 0.1) is 5.25 Å². The van der Waals surface area contributed by atoms with Crippen molar-refractivity contribution in [3.63, 3.8) is 0 Å². The fraction of sp³-hybridized carbons (Fsp3) is 0.500. The average Bonchev–Trinajstić information content (AvgIpc) is 2.70. The van der Waals surface area contributed by atoms with Gasteiger partial charge < -0.3 is 0 Å². The van der Waals surface area contributed by atoms with Crippen LogP contribution in [0.1, 0.15) is 17.3 Å². The summed E-state index contributed by atoms with van der Waals surface area (Å²) >= 11 is 5.32. The van der Waals surface area contributed by atoms with Crippen molar-refractivity contribution in [2.75, 3.05) is 11.5 Å². The minimum Gasteiger partial charge on any atom is -0.293 e. The molecule has 2 atom stereocenters. The van der Waals surface area contributed by atoms with Crippen LogP contribution in [0.4, 0.5) is 0 Å². The first-order chi connectivity index (χ1) is 6.79. The highest BCUT2D eigenvalue weighted by Gasteiger charge is 2.29. The zero-order chi connectivity index (χ0) is 9.97. The molecule has 0 amide bonds. The first-order valence-electron chi connectivity index (χ1n) is 4.58. The lowest BCUT2D eigenvalue weighted by atomic mass is 10.1. The van der Waals surface area contributed by atoms with Crippen LogP contribution in [-0.2, 0) is 0 Å². The number of Topliss-reactive ketones (excluding diaryl/α,β-unsaturated/α-hetero) is 1. The van der Waals surface area contributed by atoms with E-state index in [9.17, 15) is 4.79 Å². The van der Waals surface area contributed by atoms with Crippen LogP contribution in [-0.4, -0.2) is 27.8 Å². The average molecular weight is 244 g/mol. The molecule has 1 aliphatic rings. The van der Waals surface area contributed by atoms with E-state index in [1.165, 1.54) is 5.75 Å². The van der Waals surface area contributed by atoms with E-state index in [1.54, 1.807) is 11.3 Å². The fourth-order valence-corrected chi connectivity index (χ4v) is 4.86. The van der Waals surface area contributed by atoms with Crippen LogP contribution in [0.25, 0.3) is 0 Å². The van der Waals surface area contributed by atoms with Crippen LogP contribution in [0, 0.1) is 0 Å². The lowest BCUT2D eigenvalue weighted by molar-refractivity contribution is 0.0990. The van der Waals surface area contributed by atoms with E-state index in [-0.39, 0.29) is 5.25 Å². The summed E-state index contributed by atoms with van der Waals surface area (Å²) in [5.41, 5.74) is 0.891. The molecule has 2 rings (SSSR count). The molecule has 0 radical (unpaired) electrons. The molecular formula is C10H12OS3. The molecule has 2 unspecified atom stereocenters.